The van der Waals surface area contributed by atoms with Crippen LogP contribution >= 0.6 is 0 Å². The van der Waals surface area contributed by atoms with Crippen LogP contribution in [0.5, 0.6) is 0 Å². The monoisotopic (exact) mass is 319 g/mol. The van der Waals surface area contributed by atoms with Gasteiger partial charge in [0, 0.05) is 32.4 Å². The fourth-order valence-corrected chi connectivity index (χ4v) is 2.96. The third-order valence-corrected chi connectivity index (χ3v) is 4.15. The van der Waals surface area contributed by atoms with Gasteiger partial charge in [-0.1, -0.05) is 19.1 Å². The van der Waals surface area contributed by atoms with Crippen LogP contribution in [-0.4, -0.2) is 50.7 Å². The number of likely N-dealkylation sites (tertiary alicyclic amines) is 1. The molecule has 1 aromatic rings. The Bertz CT molecular complexity index is 476. The minimum absolute atomic E-state index is 0.0290. The summed E-state index contributed by atoms with van der Waals surface area (Å²) in [6.45, 7) is 7.29. The van der Waals surface area contributed by atoms with Gasteiger partial charge in [0.25, 0.3) is 0 Å². The fourth-order valence-electron chi connectivity index (χ4n) is 2.96. The maximum atomic E-state index is 11.8. The van der Waals surface area contributed by atoms with Crippen LogP contribution in [0.4, 0.5) is 5.69 Å². The molecular formula is C18H29N3O2. The van der Waals surface area contributed by atoms with Crippen LogP contribution in [-0.2, 0) is 16.1 Å². The zero-order valence-corrected chi connectivity index (χ0v) is 14.3. The molecule has 5 heteroatoms. The maximum Gasteiger partial charge on any atom is 0.238 e. The van der Waals surface area contributed by atoms with Crippen molar-refractivity contribution in [1.82, 2.24) is 10.2 Å². The van der Waals surface area contributed by atoms with E-state index in [0.717, 1.165) is 18.2 Å². The number of nitrogens with zero attached hydrogens (tertiary/aromatic N) is 1. The molecule has 5 nitrogen and oxygen atoms in total. The van der Waals surface area contributed by atoms with Crippen molar-refractivity contribution >= 4 is 11.6 Å². The van der Waals surface area contributed by atoms with E-state index in [2.05, 4.69) is 34.6 Å². The number of piperidine rings is 1. The highest BCUT2D eigenvalue weighted by molar-refractivity contribution is 5.92. The average Bonchev–Trinajstić information content (AvgIpc) is 2.54. The topological polar surface area (TPSA) is 53.6 Å². The molecule has 0 saturated carbocycles. The number of methoxy groups -OCH3 is 1. The number of carbonyl (C=O) groups is 1. The van der Waals surface area contributed by atoms with Gasteiger partial charge in [-0.2, -0.15) is 0 Å². The molecule has 0 spiro atoms. The van der Waals surface area contributed by atoms with E-state index in [0.29, 0.717) is 19.7 Å². The molecule has 128 valence electrons. The van der Waals surface area contributed by atoms with Crippen molar-refractivity contribution in [3.63, 3.8) is 0 Å². The smallest absolute Gasteiger partial charge is 0.238 e. The van der Waals surface area contributed by atoms with E-state index in [1.807, 2.05) is 12.1 Å². The quantitative estimate of drug-likeness (QED) is 0.721. The summed E-state index contributed by atoms with van der Waals surface area (Å²) in [5.41, 5.74) is 2.15. The number of ether oxygens (including phenoxy) is 1. The second-order valence-electron chi connectivity index (χ2n) is 6.40. The van der Waals surface area contributed by atoms with Gasteiger partial charge in [-0.15, -0.1) is 0 Å². The molecule has 1 saturated heterocycles. The number of anilines is 1. The highest BCUT2D eigenvalue weighted by Crippen LogP contribution is 2.18. The normalized spacial score (nSPS) is 18.8. The predicted molar refractivity (Wildman–Crippen MR) is 93.5 cm³/mol. The third-order valence-electron chi connectivity index (χ3n) is 4.15. The summed E-state index contributed by atoms with van der Waals surface area (Å²) in [5, 5.41) is 5.93. The van der Waals surface area contributed by atoms with Crippen molar-refractivity contribution in [3.05, 3.63) is 29.8 Å². The molecule has 0 radical (unpaired) electrons. The van der Waals surface area contributed by atoms with Crippen LogP contribution in [0.3, 0.4) is 0 Å². The van der Waals surface area contributed by atoms with Crippen LogP contribution < -0.4 is 10.6 Å². The molecule has 1 amide bonds. The molecule has 1 fully saturated rings. The number of nitrogens with one attached hydrogen (secondary N) is 2. The van der Waals surface area contributed by atoms with Crippen LogP contribution in [0, 0.1) is 5.92 Å². The number of hydrogen-bond donors (Lipinski definition) is 2. The van der Waals surface area contributed by atoms with Crippen LogP contribution in [0.15, 0.2) is 24.3 Å². The van der Waals surface area contributed by atoms with E-state index < -0.39 is 0 Å². The second-order valence-corrected chi connectivity index (χ2v) is 6.40. The molecule has 1 aliphatic heterocycles. The highest BCUT2D eigenvalue weighted by Gasteiger charge is 2.16. The lowest BCUT2D eigenvalue weighted by Crippen LogP contribution is -2.33. The van der Waals surface area contributed by atoms with Crippen molar-refractivity contribution in [2.45, 2.75) is 26.3 Å². The second kappa shape index (κ2) is 9.65. The van der Waals surface area contributed by atoms with E-state index in [-0.39, 0.29) is 5.91 Å². The van der Waals surface area contributed by atoms with Crippen LogP contribution in [0.2, 0.25) is 0 Å². The summed E-state index contributed by atoms with van der Waals surface area (Å²) in [4.78, 5) is 14.3. The van der Waals surface area contributed by atoms with Gasteiger partial charge in [-0.05, 0) is 43.0 Å². The number of rotatable bonds is 8. The zero-order valence-electron chi connectivity index (χ0n) is 14.3. The Labute approximate surface area is 139 Å². The van der Waals surface area contributed by atoms with Crippen LogP contribution in [0.1, 0.15) is 25.3 Å². The number of amides is 1. The summed E-state index contributed by atoms with van der Waals surface area (Å²) < 4.78 is 4.93. The lowest BCUT2D eigenvalue weighted by atomic mass is 10.00. The molecule has 0 bridgehead atoms. The van der Waals surface area contributed by atoms with E-state index in [1.165, 1.54) is 31.5 Å². The van der Waals surface area contributed by atoms with Crippen molar-refractivity contribution in [2.75, 3.05) is 45.2 Å². The largest absolute Gasteiger partial charge is 0.383 e. The number of carbonyl (C=O) groups excluding carboxylic acids is 1. The average molecular weight is 319 g/mol. The molecule has 1 heterocycles. The first-order valence-electron chi connectivity index (χ1n) is 8.48. The summed E-state index contributed by atoms with van der Waals surface area (Å²) in [5.74, 6) is 0.770. The SMILES string of the molecule is COCCNCC(=O)Nc1ccc(CN2CCCC(C)C2)cc1. The van der Waals surface area contributed by atoms with E-state index in [9.17, 15) is 4.79 Å². The lowest BCUT2D eigenvalue weighted by Gasteiger charge is -2.30. The van der Waals surface area contributed by atoms with Crippen molar-refractivity contribution in [2.24, 2.45) is 5.92 Å². The summed E-state index contributed by atoms with van der Waals surface area (Å²) in [6, 6.07) is 8.17. The molecule has 0 aliphatic carbocycles. The van der Waals surface area contributed by atoms with Gasteiger partial charge >= 0.3 is 0 Å². The Morgan fingerprint density at radius 2 is 2.13 bits per heavy atom. The lowest BCUT2D eigenvalue weighted by molar-refractivity contribution is -0.115. The molecule has 23 heavy (non-hydrogen) atoms. The number of benzene rings is 1. The summed E-state index contributed by atoms with van der Waals surface area (Å²) >= 11 is 0. The first kappa shape index (κ1) is 17.9. The first-order valence-corrected chi connectivity index (χ1v) is 8.48. The molecule has 0 aromatic heterocycles. The molecule has 1 unspecified atom stereocenters. The van der Waals surface area contributed by atoms with Gasteiger partial charge in [-0.25, -0.2) is 0 Å². The highest BCUT2D eigenvalue weighted by atomic mass is 16.5. The molecule has 2 N–H and O–H groups in total. The van der Waals surface area contributed by atoms with Crippen molar-refractivity contribution in [1.29, 1.82) is 0 Å². The fraction of sp³-hybridized carbons (Fsp3) is 0.611. The molecule has 1 aliphatic rings. The molecule has 1 aromatic carbocycles. The zero-order chi connectivity index (χ0) is 16.5. The van der Waals surface area contributed by atoms with Crippen molar-refractivity contribution < 1.29 is 9.53 Å². The summed E-state index contributed by atoms with van der Waals surface area (Å²) in [7, 11) is 1.65. The van der Waals surface area contributed by atoms with E-state index >= 15 is 0 Å². The maximum absolute atomic E-state index is 11.8. The first-order chi connectivity index (χ1) is 11.2. The van der Waals surface area contributed by atoms with Gasteiger partial charge in [0.05, 0.1) is 13.2 Å². The standard InChI is InChI=1S/C18H29N3O2/c1-15-4-3-10-21(13-15)14-16-5-7-17(8-6-16)20-18(22)12-19-9-11-23-2/h5-8,15,19H,3-4,9-14H2,1-2H3,(H,20,22). The Balaban J connectivity index is 1.74. The van der Waals surface area contributed by atoms with E-state index in [1.54, 1.807) is 7.11 Å². The molecule has 2 rings (SSSR count). The molecule has 1 atom stereocenters. The Kier molecular flexibility index (Phi) is 7.52. The van der Waals surface area contributed by atoms with Crippen molar-refractivity contribution in [3.8, 4) is 0 Å². The minimum atomic E-state index is -0.0290. The third kappa shape index (κ3) is 6.69. The minimum Gasteiger partial charge on any atom is -0.383 e. The summed E-state index contributed by atoms with van der Waals surface area (Å²) in [6.07, 6.45) is 2.64. The van der Waals surface area contributed by atoms with Gasteiger partial charge in [0.15, 0.2) is 0 Å². The van der Waals surface area contributed by atoms with Crippen LogP contribution in [0.25, 0.3) is 0 Å². The van der Waals surface area contributed by atoms with Gasteiger partial charge in [0.1, 0.15) is 0 Å². The Morgan fingerprint density at radius 3 is 2.83 bits per heavy atom. The van der Waals surface area contributed by atoms with Gasteiger partial charge < -0.3 is 15.4 Å². The van der Waals surface area contributed by atoms with Gasteiger partial charge in [0.2, 0.25) is 5.91 Å². The number of hydrogen-bond acceptors (Lipinski definition) is 4. The van der Waals surface area contributed by atoms with Gasteiger partial charge in [-0.3, -0.25) is 9.69 Å². The Morgan fingerprint density at radius 1 is 1.35 bits per heavy atom. The predicted octanol–water partition coefficient (Wildman–Crippen LogP) is 2.09. The molecular weight excluding hydrogens is 290 g/mol. The van der Waals surface area contributed by atoms with E-state index in [4.69, 9.17) is 4.74 Å². The Hall–Kier alpha value is -1.43.